The number of hydrogen-bond donors (Lipinski definition) is 0. The third-order valence-electron chi connectivity index (χ3n) is 3.91. The third kappa shape index (κ3) is 3.51. The molecule has 10 heteroatoms. The number of imide groups is 1. The maximum absolute atomic E-state index is 12.3. The molecule has 1 aliphatic rings. The second kappa shape index (κ2) is 7.50. The number of fused-ring (bicyclic) bond motifs is 1. The molecule has 0 unspecified atom stereocenters. The Morgan fingerprint density at radius 1 is 0.862 bits per heavy atom. The van der Waals surface area contributed by atoms with Gasteiger partial charge in [-0.05, 0) is 30.3 Å². The molecule has 0 saturated carbocycles. The molecule has 0 spiro atoms. The second-order valence-corrected chi connectivity index (χ2v) is 6.53. The van der Waals surface area contributed by atoms with Crippen molar-refractivity contribution in [2.75, 3.05) is 0 Å². The number of benzene rings is 2. The van der Waals surface area contributed by atoms with Crippen LogP contribution in [-0.4, -0.2) is 33.0 Å². The lowest BCUT2D eigenvalue weighted by Crippen LogP contribution is -2.33. The smallest absolute Gasteiger partial charge is 0.384 e. The molecule has 0 fully saturated rings. The first kappa shape index (κ1) is 18.9. The van der Waals surface area contributed by atoms with Crippen LogP contribution >= 0.6 is 23.2 Å². The SMILES string of the molecule is O=C(ON1C(=O)c2ccccc2C1=O)c1ccc(Oc2cccc(Cl)c2Cl)nn1. The van der Waals surface area contributed by atoms with Gasteiger partial charge in [0, 0.05) is 6.07 Å². The summed E-state index contributed by atoms with van der Waals surface area (Å²) in [6, 6.07) is 13.6. The van der Waals surface area contributed by atoms with Crippen LogP contribution in [0, 0.1) is 0 Å². The molecule has 8 nitrogen and oxygen atoms in total. The predicted octanol–water partition coefficient (Wildman–Crippen LogP) is 3.94. The highest BCUT2D eigenvalue weighted by molar-refractivity contribution is 6.42. The number of carbonyl (C=O) groups excluding carboxylic acids is 3. The molecule has 144 valence electrons. The van der Waals surface area contributed by atoms with Crippen molar-refractivity contribution >= 4 is 41.0 Å². The molecule has 1 aromatic heterocycles. The summed E-state index contributed by atoms with van der Waals surface area (Å²) in [6.45, 7) is 0. The Morgan fingerprint density at radius 2 is 1.55 bits per heavy atom. The van der Waals surface area contributed by atoms with Crippen LogP contribution < -0.4 is 4.74 Å². The van der Waals surface area contributed by atoms with E-state index in [4.69, 9.17) is 32.8 Å². The van der Waals surface area contributed by atoms with Crippen LogP contribution in [0.2, 0.25) is 10.0 Å². The van der Waals surface area contributed by atoms with E-state index < -0.39 is 17.8 Å². The Labute approximate surface area is 173 Å². The summed E-state index contributed by atoms with van der Waals surface area (Å²) >= 11 is 12.0. The van der Waals surface area contributed by atoms with Gasteiger partial charge in [0.05, 0.1) is 16.1 Å². The van der Waals surface area contributed by atoms with Gasteiger partial charge in [-0.2, -0.15) is 0 Å². The van der Waals surface area contributed by atoms with Gasteiger partial charge in [0.1, 0.15) is 10.8 Å². The van der Waals surface area contributed by atoms with Gasteiger partial charge in [0.2, 0.25) is 5.88 Å². The van der Waals surface area contributed by atoms with Crippen LogP contribution in [0.5, 0.6) is 11.6 Å². The summed E-state index contributed by atoms with van der Waals surface area (Å²) in [5.74, 6) is -2.19. The van der Waals surface area contributed by atoms with Crippen molar-refractivity contribution < 1.29 is 24.0 Å². The first-order chi connectivity index (χ1) is 14.0. The van der Waals surface area contributed by atoms with Crippen molar-refractivity contribution in [3.05, 3.63) is 81.5 Å². The molecule has 1 aliphatic heterocycles. The topological polar surface area (TPSA) is 98.7 Å². The zero-order chi connectivity index (χ0) is 20.5. The van der Waals surface area contributed by atoms with E-state index in [1.807, 2.05) is 0 Å². The molecule has 0 saturated heterocycles. The first-order valence-corrected chi connectivity index (χ1v) is 8.87. The predicted molar refractivity (Wildman–Crippen MR) is 101 cm³/mol. The van der Waals surface area contributed by atoms with Crippen molar-refractivity contribution in [3.63, 3.8) is 0 Å². The first-order valence-electron chi connectivity index (χ1n) is 8.11. The Bertz CT molecular complexity index is 1120. The van der Waals surface area contributed by atoms with Crippen LogP contribution in [0.3, 0.4) is 0 Å². The number of aromatic nitrogens is 2. The zero-order valence-corrected chi connectivity index (χ0v) is 15.8. The third-order valence-corrected chi connectivity index (χ3v) is 4.71. The highest BCUT2D eigenvalue weighted by Gasteiger charge is 2.39. The van der Waals surface area contributed by atoms with E-state index in [0.29, 0.717) is 10.1 Å². The van der Waals surface area contributed by atoms with E-state index in [0.717, 1.165) is 0 Å². The van der Waals surface area contributed by atoms with E-state index in [2.05, 4.69) is 10.2 Å². The molecular weight excluding hydrogens is 421 g/mol. The molecule has 29 heavy (non-hydrogen) atoms. The number of halogens is 2. The number of hydroxylamine groups is 2. The van der Waals surface area contributed by atoms with Crippen molar-refractivity contribution in [1.82, 2.24) is 15.3 Å². The van der Waals surface area contributed by atoms with Gasteiger partial charge in [0.15, 0.2) is 5.69 Å². The fraction of sp³-hybridized carbons (Fsp3) is 0. The number of nitrogens with zero attached hydrogens (tertiary/aromatic N) is 3. The van der Waals surface area contributed by atoms with E-state index in [9.17, 15) is 14.4 Å². The fourth-order valence-electron chi connectivity index (χ4n) is 2.54. The van der Waals surface area contributed by atoms with E-state index in [-0.39, 0.29) is 33.5 Å². The second-order valence-electron chi connectivity index (χ2n) is 5.74. The molecule has 4 rings (SSSR count). The maximum atomic E-state index is 12.3. The Morgan fingerprint density at radius 3 is 2.17 bits per heavy atom. The highest BCUT2D eigenvalue weighted by atomic mass is 35.5. The summed E-state index contributed by atoms with van der Waals surface area (Å²) in [5.41, 5.74) is 0.0724. The molecule has 0 radical (unpaired) electrons. The van der Waals surface area contributed by atoms with Crippen LogP contribution in [0.1, 0.15) is 31.2 Å². The standard InChI is InChI=1S/C19H9Cl2N3O5/c20-12-6-3-7-14(16(12)21)28-15-9-8-13(22-23-15)19(27)29-24-17(25)10-4-1-2-5-11(10)18(24)26/h1-9H. The molecule has 2 heterocycles. The van der Waals surface area contributed by atoms with Gasteiger partial charge in [-0.1, -0.05) is 46.5 Å². The summed E-state index contributed by atoms with van der Waals surface area (Å²) in [4.78, 5) is 41.7. The van der Waals surface area contributed by atoms with Crippen molar-refractivity contribution in [2.45, 2.75) is 0 Å². The largest absolute Gasteiger partial charge is 0.436 e. The number of carbonyl (C=O) groups is 3. The lowest BCUT2D eigenvalue weighted by Gasteiger charge is -2.12. The Balaban J connectivity index is 1.47. The van der Waals surface area contributed by atoms with Gasteiger partial charge in [-0.25, -0.2) is 4.79 Å². The van der Waals surface area contributed by atoms with E-state index in [1.54, 1.807) is 30.3 Å². The Hall–Kier alpha value is -3.49. The molecule has 0 atom stereocenters. The Kier molecular flexibility index (Phi) is 4.87. The normalized spacial score (nSPS) is 12.7. The van der Waals surface area contributed by atoms with E-state index >= 15 is 0 Å². The summed E-state index contributed by atoms with van der Waals surface area (Å²) < 4.78 is 5.47. The van der Waals surface area contributed by atoms with Gasteiger partial charge < -0.3 is 9.57 Å². The van der Waals surface area contributed by atoms with Crippen molar-refractivity contribution in [3.8, 4) is 11.6 Å². The molecule has 0 bridgehead atoms. The minimum Gasteiger partial charge on any atom is -0.436 e. The molecule has 0 aliphatic carbocycles. The van der Waals surface area contributed by atoms with Crippen LogP contribution in [0.4, 0.5) is 0 Å². The van der Waals surface area contributed by atoms with Crippen molar-refractivity contribution in [2.24, 2.45) is 0 Å². The van der Waals surface area contributed by atoms with Crippen molar-refractivity contribution in [1.29, 1.82) is 0 Å². The average molecular weight is 430 g/mol. The average Bonchev–Trinajstić information content (AvgIpc) is 2.97. The minimum absolute atomic E-state index is 0.0476. The van der Waals surface area contributed by atoms with Crippen LogP contribution in [0.25, 0.3) is 0 Å². The lowest BCUT2D eigenvalue weighted by atomic mass is 10.1. The number of ether oxygens (including phenoxy) is 1. The van der Waals surface area contributed by atoms with Crippen LogP contribution in [0.15, 0.2) is 54.6 Å². The zero-order valence-electron chi connectivity index (χ0n) is 14.3. The van der Waals surface area contributed by atoms with Gasteiger partial charge >= 0.3 is 5.97 Å². The fourth-order valence-corrected chi connectivity index (χ4v) is 2.87. The number of amides is 2. The van der Waals surface area contributed by atoms with Gasteiger partial charge in [-0.3, -0.25) is 9.59 Å². The maximum Gasteiger partial charge on any atom is 0.384 e. The molecule has 2 amide bonds. The summed E-state index contributed by atoms with van der Waals surface area (Å²) in [6.07, 6.45) is 0. The quantitative estimate of drug-likeness (QED) is 0.578. The molecular formula is C19H9Cl2N3O5. The van der Waals surface area contributed by atoms with E-state index in [1.165, 1.54) is 24.3 Å². The van der Waals surface area contributed by atoms with Gasteiger partial charge in [-0.15, -0.1) is 10.2 Å². The molecule has 2 aromatic carbocycles. The molecule has 0 N–H and O–H groups in total. The number of rotatable bonds is 4. The highest BCUT2D eigenvalue weighted by Crippen LogP contribution is 2.33. The minimum atomic E-state index is -1.03. The van der Waals surface area contributed by atoms with Crippen LogP contribution in [-0.2, 0) is 4.84 Å². The lowest BCUT2D eigenvalue weighted by molar-refractivity contribution is -0.0589. The monoisotopic (exact) mass is 429 g/mol. The number of hydrogen-bond acceptors (Lipinski definition) is 7. The molecule has 3 aromatic rings. The summed E-state index contributed by atoms with van der Waals surface area (Å²) in [7, 11) is 0. The van der Waals surface area contributed by atoms with Gasteiger partial charge in [0.25, 0.3) is 11.8 Å². The summed E-state index contributed by atoms with van der Waals surface area (Å²) in [5, 5.41) is 8.34.